The van der Waals surface area contributed by atoms with Gasteiger partial charge in [-0.25, -0.2) is 0 Å². The molecule has 0 spiro atoms. The van der Waals surface area contributed by atoms with E-state index in [4.69, 9.17) is 10.5 Å². The van der Waals surface area contributed by atoms with Gasteiger partial charge in [0.25, 0.3) is 0 Å². The van der Waals surface area contributed by atoms with Gasteiger partial charge in [0, 0.05) is 25.5 Å². The highest BCUT2D eigenvalue weighted by molar-refractivity contribution is 4.78. The minimum absolute atomic E-state index is 0.0277. The summed E-state index contributed by atoms with van der Waals surface area (Å²) in [5.74, 6) is 0. The van der Waals surface area contributed by atoms with Crippen LogP contribution in [0, 0.1) is 0 Å². The number of nitrogens with zero attached hydrogens (tertiary/aromatic N) is 2. The first-order valence-corrected chi connectivity index (χ1v) is 3.55. The summed E-state index contributed by atoms with van der Waals surface area (Å²) < 4.78 is 6.68. The molecule has 11 heavy (non-hydrogen) atoms. The SMILES string of the molecule is COCC(N)Cn1cccn1. The van der Waals surface area contributed by atoms with Gasteiger partial charge in [-0.3, -0.25) is 4.68 Å². The van der Waals surface area contributed by atoms with Crippen molar-refractivity contribution < 1.29 is 4.74 Å². The van der Waals surface area contributed by atoms with Crippen LogP contribution in [-0.2, 0) is 11.3 Å². The molecule has 0 amide bonds. The summed E-state index contributed by atoms with van der Waals surface area (Å²) in [4.78, 5) is 0. The summed E-state index contributed by atoms with van der Waals surface area (Å²) >= 11 is 0. The van der Waals surface area contributed by atoms with Gasteiger partial charge in [-0.15, -0.1) is 0 Å². The number of nitrogens with two attached hydrogens (primary N) is 1. The molecule has 1 aromatic rings. The van der Waals surface area contributed by atoms with Crippen molar-refractivity contribution in [1.82, 2.24) is 9.78 Å². The summed E-state index contributed by atoms with van der Waals surface area (Å²) in [6, 6.07) is 1.90. The highest BCUT2D eigenvalue weighted by atomic mass is 16.5. The number of methoxy groups -OCH3 is 1. The molecular formula is C7H13N3O. The average molecular weight is 155 g/mol. The van der Waals surface area contributed by atoms with Gasteiger partial charge in [-0.2, -0.15) is 5.10 Å². The standard InChI is InChI=1S/C7H13N3O/c1-11-6-7(8)5-10-4-2-3-9-10/h2-4,7H,5-6,8H2,1H3. The lowest BCUT2D eigenvalue weighted by atomic mass is 10.3. The van der Waals surface area contributed by atoms with Crippen molar-refractivity contribution in [3.05, 3.63) is 18.5 Å². The van der Waals surface area contributed by atoms with Crippen LogP contribution in [0.1, 0.15) is 0 Å². The number of aromatic nitrogens is 2. The lowest BCUT2D eigenvalue weighted by molar-refractivity contribution is 0.172. The van der Waals surface area contributed by atoms with Gasteiger partial charge in [0.1, 0.15) is 0 Å². The van der Waals surface area contributed by atoms with Crippen molar-refractivity contribution in [2.24, 2.45) is 5.73 Å². The second-order valence-corrected chi connectivity index (χ2v) is 2.44. The van der Waals surface area contributed by atoms with Crippen molar-refractivity contribution in [3.8, 4) is 0 Å². The van der Waals surface area contributed by atoms with E-state index >= 15 is 0 Å². The molecule has 62 valence electrons. The molecule has 0 saturated heterocycles. The molecule has 0 radical (unpaired) electrons. The van der Waals surface area contributed by atoms with Gasteiger partial charge in [0.15, 0.2) is 0 Å². The molecule has 0 fully saturated rings. The first kappa shape index (κ1) is 8.23. The van der Waals surface area contributed by atoms with Crippen LogP contribution >= 0.6 is 0 Å². The molecule has 0 bridgehead atoms. The van der Waals surface area contributed by atoms with E-state index in [0.29, 0.717) is 13.2 Å². The monoisotopic (exact) mass is 155 g/mol. The maximum Gasteiger partial charge on any atom is 0.0631 e. The Bertz CT molecular complexity index is 186. The van der Waals surface area contributed by atoms with E-state index in [-0.39, 0.29) is 6.04 Å². The Morgan fingerprint density at radius 1 is 1.73 bits per heavy atom. The second-order valence-electron chi connectivity index (χ2n) is 2.44. The molecule has 1 unspecified atom stereocenters. The fraction of sp³-hybridized carbons (Fsp3) is 0.571. The van der Waals surface area contributed by atoms with Crippen LogP contribution in [0.4, 0.5) is 0 Å². The zero-order chi connectivity index (χ0) is 8.10. The third kappa shape index (κ3) is 2.69. The number of hydrogen-bond acceptors (Lipinski definition) is 3. The van der Waals surface area contributed by atoms with Crippen molar-refractivity contribution in [2.45, 2.75) is 12.6 Å². The molecule has 4 nitrogen and oxygen atoms in total. The normalized spacial score (nSPS) is 13.3. The quantitative estimate of drug-likeness (QED) is 0.658. The highest BCUT2D eigenvalue weighted by Crippen LogP contribution is 1.88. The molecule has 1 aromatic heterocycles. The Hall–Kier alpha value is -0.870. The van der Waals surface area contributed by atoms with E-state index in [1.165, 1.54) is 0 Å². The minimum Gasteiger partial charge on any atom is -0.383 e. The fourth-order valence-electron chi connectivity index (χ4n) is 0.915. The molecule has 0 aliphatic heterocycles. The third-order valence-corrected chi connectivity index (χ3v) is 1.36. The van der Waals surface area contributed by atoms with Gasteiger partial charge in [0.05, 0.1) is 13.2 Å². The molecule has 1 rings (SSSR count). The molecule has 1 heterocycles. The Morgan fingerprint density at radius 3 is 3.09 bits per heavy atom. The third-order valence-electron chi connectivity index (χ3n) is 1.36. The molecule has 0 saturated carbocycles. The smallest absolute Gasteiger partial charge is 0.0631 e. The summed E-state index contributed by atoms with van der Waals surface area (Å²) in [7, 11) is 1.64. The molecular weight excluding hydrogens is 142 g/mol. The largest absolute Gasteiger partial charge is 0.383 e. The van der Waals surface area contributed by atoms with Crippen LogP contribution in [0.15, 0.2) is 18.5 Å². The minimum atomic E-state index is 0.0277. The number of rotatable bonds is 4. The Morgan fingerprint density at radius 2 is 2.55 bits per heavy atom. The van der Waals surface area contributed by atoms with E-state index < -0.39 is 0 Å². The molecule has 1 atom stereocenters. The van der Waals surface area contributed by atoms with Gasteiger partial charge in [-0.1, -0.05) is 0 Å². The van der Waals surface area contributed by atoms with Crippen LogP contribution in [0.3, 0.4) is 0 Å². The van der Waals surface area contributed by atoms with E-state index in [2.05, 4.69) is 5.10 Å². The number of hydrogen-bond donors (Lipinski definition) is 1. The highest BCUT2D eigenvalue weighted by Gasteiger charge is 2.01. The van der Waals surface area contributed by atoms with Crippen molar-refractivity contribution in [3.63, 3.8) is 0 Å². The molecule has 0 aliphatic carbocycles. The van der Waals surface area contributed by atoms with Gasteiger partial charge < -0.3 is 10.5 Å². The van der Waals surface area contributed by atoms with E-state index in [1.807, 2.05) is 12.3 Å². The fourth-order valence-corrected chi connectivity index (χ4v) is 0.915. The average Bonchev–Trinajstić information content (AvgIpc) is 2.40. The summed E-state index contributed by atoms with van der Waals surface area (Å²) in [6.45, 7) is 1.28. The van der Waals surface area contributed by atoms with Crippen LogP contribution in [0.2, 0.25) is 0 Å². The predicted molar refractivity (Wildman–Crippen MR) is 42.1 cm³/mol. The van der Waals surface area contributed by atoms with Gasteiger partial charge in [-0.05, 0) is 6.07 Å². The zero-order valence-corrected chi connectivity index (χ0v) is 6.60. The van der Waals surface area contributed by atoms with Crippen LogP contribution < -0.4 is 5.73 Å². The van der Waals surface area contributed by atoms with E-state index in [9.17, 15) is 0 Å². The lowest BCUT2D eigenvalue weighted by Crippen LogP contribution is -2.30. The Balaban J connectivity index is 2.31. The summed E-state index contributed by atoms with van der Waals surface area (Å²) in [5.41, 5.74) is 5.69. The molecule has 2 N–H and O–H groups in total. The molecule has 4 heteroatoms. The van der Waals surface area contributed by atoms with Crippen molar-refractivity contribution in [2.75, 3.05) is 13.7 Å². The summed E-state index contributed by atoms with van der Waals surface area (Å²) in [6.07, 6.45) is 3.62. The number of ether oxygens (including phenoxy) is 1. The van der Waals surface area contributed by atoms with Gasteiger partial charge in [0.2, 0.25) is 0 Å². The second kappa shape index (κ2) is 4.10. The first-order chi connectivity index (χ1) is 5.33. The van der Waals surface area contributed by atoms with Crippen molar-refractivity contribution >= 4 is 0 Å². The van der Waals surface area contributed by atoms with E-state index in [0.717, 1.165) is 0 Å². The van der Waals surface area contributed by atoms with Crippen LogP contribution in [-0.4, -0.2) is 29.5 Å². The Kier molecular flexibility index (Phi) is 3.07. The van der Waals surface area contributed by atoms with Crippen LogP contribution in [0.25, 0.3) is 0 Å². The van der Waals surface area contributed by atoms with Crippen molar-refractivity contribution in [1.29, 1.82) is 0 Å². The van der Waals surface area contributed by atoms with Crippen LogP contribution in [0.5, 0.6) is 0 Å². The molecule has 0 aliphatic rings. The summed E-state index contributed by atoms with van der Waals surface area (Å²) in [5, 5.41) is 4.02. The predicted octanol–water partition coefficient (Wildman–Crippen LogP) is -0.143. The topological polar surface area (TPSA) is 53.1 Å². The first-order valence-electron chi connectivity index (χ1n) is 3.55. The lowest BCUT2D eigenvalue weighted by Gasteiger charge is -2.09. The molecule has 0 aromatic carbocycles. The zero-order valence-electron chi connectivity index (χ0n) is 6.60. The van der Waals surface area contributed by atoms with E-state index in [1.54, 1.807) is 18.0 Å². The maximum absolute atomic E-state index is 5.69. The van der Waals surface area contributed by atoms with Gasteiger partial charge >= 0.3 is 0 Å². The maximum atomic E-state index is 5.69. The Labute approximate surface area is 66.0 Å².